The molecule has 4 aromatic rings. The number of hydrogen-bond acceptors (Lipinski definition) is 8. The predicted molar refractivity (Wildman–Crippen MR) is 221 cm³/mol. The number of nitrogens with one attached hydrogen (secondary N) is 1. The lowest BCUT2D eigenvalue weighted by Crippen LogP contribution is -2.48. The molecular weight excluding hydrogens is 743 g/mol. The van der Waals surface area contributed by atoms with Gasteiger partial charge in [-0.1, -0.05) is 31.4 Å². The van der Waals surface area contributed by atoms with Crippen LogP contribution in [-0.2, 0) is 37.3 Å². The fraction of sp³-hybridized carbons (Fsp3) is 0.523. The third-order valence-electron chi connectivity index (χ3n) is 12.2. The molecule has 3 aliphatic heterocycles. The van der Waals surface area contributed by atoms with Crippen LogP contribution in [0.25, 0.3) is 33.8 Å². The van der Waals surface area contributed by atoms with Crippen molar-refractivity contribution in [2.75, 3.05) is 33.4 Å². The number of morpholine rings is 1. The first-order chi connectivity index (χ1) is 27.4. The number of hydrogen-bond donors (Lipinski definition) is 1. The number of fused-ring (bicyclic) bond motifs is 5. The maximum Gasteiger partial charge on any atom is 0.257 e. The van der Waals surface area contributed by atoms with E-state index in [-0.39, 0.29) is 30.6 Å². The highest BCUT2D eigenvalue weighted by atomic mass is 32.2. The summed E-state index contributed by atoms with van der Waals surface area (Å²) in [5.74, 6) is 0.454. The number of methoxy groups -OCH3 is 1. The van der Waals surface area contributed by atoms with Crippen LogP contribution >= 0.6 is 0 Å². The highest BCUT2D eigenvalue weighted by molar-refractivity contribution is 7.90. The van der Waals surface area contributed by atoms with Crippen LogP contribution in [0.15, 0.2) is 42.6 Å². The van der Waals surface area contributed by atoms with Gasteiger partial charge in [-0.05, 0) is 112 Å². The number of carbonyl (C=O) groups excluding carboxylic acids is 2. The Labute approximate surface area is 335 Å². The van der Waals surface area contributed by atoms with Gasteiger partial charge >= 0.3 is 0 Å². The fourth-order valence-corrected chi connectivity index (χ4v) is 10.0. The Balaban J connectivity index is 1.33. The summed E-state index contributed by atoms with van der Waals surface area (Å²) in [4.78, 5) is 29.8. The fourth-order valence-electron chi connectivity index (χ4n) is 9.40. The van der Waals surface area contributed by atoms with Crippen molar-refractivity contribution in [1.29, 1.82) is 0 Å². The van der Waals surface area contributed by atoms with Gasteiger partial charge in [0, 0.05) is 42.8 Å². The van der Waals surface area contributed by atoms with Gasteiger partial charge in [-0.25, -0.2) is 8.42 Å². The van der Waals surface area contributed by atoms with E-state index in [1.807, 2.05) is 30.9 Å². The SMILES string of the molecule is COc1ccc2c(c1)C=C(c1c(C(=O)N3C[C@@H](C)O[C@@H](C)C3)cnn1C1CCOCC1)Cn1c-2c(C2CCCCC2)c2ccc(CC(=O)NS(=O)(=O)C(C)C)cc21. The molecule has 12 nitrogen and oxygen atoms in total. The molecule has 8 rings (SSSR count). The number of sulfonamides is 1. The monoisotopic (exact) mass is 797 g/mol. The summed E-state index contributed by atoms with van der Waals surface area (Å²) in [5.41, 5.74) is 8.50. The van der Waals surface area contributed by atoms with Gasteiger partial charge < -0.3 is 23.7 Å². The first-order valence-electron chi connectivity index (χ1n) is 20.6. The van der Waals surface area contributed by atoms with Crippen LogP contribution in [0.4, 0.5) is 0 Å². The van der Waals surface area contributed by atoms with E-state index in [1.165, 1.54) is 12.0 Å². The average molecular weight is 798 g/mol. The maximum atomic E-state index is 14.7. The predicted octanol–water partition coefficient (Wildman–Crippen LogP) is 7.11. The zero-order valence-electron chi connectivity index (χ0n) is 33.8. The summed E-state index contributed by atoms with van der Waals surface area (Å²) >= 11 is 0. The minimum absolute atomic E-state index is 0.0534. The average Bonchev–Trinajstić information content (AvgIpc) is 3.72. The minimum atomic E-state index is -3.78. The Hall–Kier alpha value is -4.46. The molecule has 1 N–H and O–H groups in total. The molecule has 0 radical (unpaired) electrons. The van der Waals surface area contributed by atoms with Crippen molar-refractivity contribution in [3.05, 3.63) is 70.5 Å². The number of aromatic nitrogens is 3. The van der Waals surface area contributed by atoms with Gasteiger partial charge in [0.2, 0.25) is 15.9 Å². The first kappa shape index (κ1) is 39.4. The third-order valence-corrected chi connectivity index (χ3v) is 13.9. The molecule has 0 unspecified atom stereocenters. The lowest BCUT2D eigenvalue weighted by Gasteiger charge is -2.35. The zero-order chi connectivity index (χ0) is 40.0. The van der Waals surface area contributed by atoms with Crippen LogP contribution in [0, 0.1) is 0 Å². The lowest BCUT2D eigenvalue weighted by atomic mass is 9.81. The van der Waals surface area contributed by atoms with Crippen molar-refractivity contribution >= 4 is 44.4 Å². The topological polar surface area (TPSA) is 134 Å². The summed E-state index contributed by atoms with van der Waals surface area (Å²) in [6.45, 7) is 9.79. The van der Waals surface area contributed by atoms with Crippen LogP contribution in [0.1, 0.15) is 117 Å². The highest BCUT2D eigenvalue weighted by Gasteiger charge is 2.35. The number of carbonyl (C=O) groups is 2. The molecule has 1 aliphatic carbocycles. The van der Waals surface area contributed by atoms with Gasteiger partial charge in [0.25, 0.3) is 5.91 Å². The van der Waals surface area contributed by atoms with Crippen LogP contribution in [0.2, 0.25) is 0 Å². The second-order valence-electron chi connectivity index (χ2n) is 16.6. The summed E-state index contributed by atoms with van der Waals surface area (Å²) in [6, 6.07) is 12.4. The molecule has 2 aromatic heterocycles. The molecule has 5 heterocycles. The maximum absolute atomic E-state index is 14.7. The number of ether oxygens (including phenoxy) is 3. The highest BCUT2D eigenvalue weighted by Crippen LogP contribution is 2.48. The first-order valence-corrected chi connectivity index (χ1v) is 22.1. The van der Waals surface area contributed by atoms with Crippen LogP contribution in [0.5, 0.6) is 5.75 Å². The molecule has 0 bridgehead atoms. The van der Waals surface area contributed by atoms with E-state index >= 15 is 0 Å². The number of nitrogens with zero attached hydrogens (tertiary/aromatic N) is 4. The van der Waals surface area contributed by atoms with E-state index < -0.39 is 21.2 Å². The number of rotatable bonds is 9. The molecule has 3 fully saturated rings. The van der Waals surface area contributed by atoms with Crippen LogP contribution in [-0.4, -0.2) is 90.4 Å². The zero-order valence-corrected chi connectivity index (χ0v) is 34.6. The molecule has 4 aliphatic rings. The second kappa shape index (κ2) is 16.1. The Morgan fingerprint density at radius 2 is 1.70 bits per heavy atom. The van der Waals surface area contributed by atoms with Gasteiger partial charge in [0.1, 0.15) is 5.75 Å². The minimum Gasteiger partial charge on any atom is -0.497 e. The molecule has 1 saturated carbocycles. The Morgan fingerprint density at radius 1 is 0.965 bits per heavy atom. The van der Waals surface area contributed by atoms with Crippen molar-refractivity contribution in [3.63, 3.8) is 0 Å². The van der Waals surface area contributed by atoms with E-state index in [1.54, 1.807) is 27.2 Å². The molecule has 57 heavy (non-hydrogen) atoms. The van der Waals surface area contributed by atoms with E-state index in [2.05, 4.69) is 44.3 Å². The number of benzene rings is 2. The van der Waals surface area contributed by atoms with E-state index in [4.69, 9.17) is 19.3 Å². The Bertz CT molecular complexity index is 2300. The van der Waals surface area contributed by atoms with Gasteiger partial charge in [-0.2, -0.15) is 5.10 Å². The van der Waals surface area contributed by atoms with Crippen molar-refractivity contribution in [1.82, 2.24) is 24.0 Å². The summed E-state index contributed by atoms with van der Waals surface area (Å²) in [6.07, 6.45) is 11.0. The lowest BCUT2D eigenvalue weighted by molar-refractivity contribution is -0.118. The molecule has 304 valence electrons. The molecule has 2 atom stereocenters. The van der Waals surface area contributed by atoms with E-state index in [0.717, 1.165) is 88.8 Å². The number of allylic oxidation sites excluding steroid dienone is 1. The normalized spacial score (nSPS) is 20.9. The summed E-state index contributed by atoms with van der Waals surface area (Å²) < 4.78 is 49.5. The second-order valence-corrected chi connectivity index (χ2v) is 18.9. The quantitative estimate of drug-likeness (QED) is 0.190. The van der Waals surface area contributed by atoms with Crippen molar-refractivity contribution in [3.8, 4) is 17.0 Å². The van der Waals surface area contributed by atoms with Crippen molar-refractivity contribution < 1.29 is 32.2 Å². The molecular formula is C44H55N5O7S. The van der Waals surface area contributed by atoms with Gasteiger partial charge in [-0.15, -0.1) is 0 Å². The third kappa shape index (κ3) is 7.78. The van der Waals surface area contributed by atoms with Gasteiger partial charge in [0.15, 0.2) is 0 Å². The molecule has 2 amide bonds. The molecule has 2 aromatic carbocycles. The molecule has 13 heteroatoms. The van der Waals surface area contributed by atoms with E-state index in [9.17, 15) is 18.0 Å². The Kier molecular flexibility index (Phi) is 11.1. The van der Waals surface area contributed by atoms with Crippen molar-refractivity contribution in [2.45, 2.75) is 115 Å². The standard InChI is InChI=1S/C44H55N5O7S/c1-27(2)57(52,53)46-40(50)20-30-11-13-37-39(19-30)48-26-33(21-32-22-35(54-5)12-14-36(32)43(48)41(37)31-9-7-6-8-10-31)42-38(23-45-49(42)34-15-17-55-18-16-34)44(51)47-24-28(3)56-29(4)25-47/h11-14,19,21-23,27-29,31,34H,6-10,15-18,20,24-26H2,1-5H3,(H,46,50)/t28-,29+. The van der Waals surface area contributed by atoms with Gasteiger partial charge in [0.05, 0.1) is 66.7 Å². The summed E-state index contributed by atoms with van der Waals surface area (Å²) in [7, 11) is -2.10. The summed E-state index contributed by atoms with van der Waals surface area (Å²) in [5, 5.41) is 5.39. The van der Waals surface area contributed by atoms with Crippen molar-refractivity contribution in [2.24, 2.45) is 0 Å². The molecule has 0 spiro atoms. The largest absolute Gasteiger partial charge is 0.497 e. The molecule has 2 saturated heterocycles. The van der Waals surface area contributed by atoms with Crippen LogP contribution in [0.3, 0.4) is 0 Å². The number of amides is 2. The van der Waals surface area contributed by atoms with Crippen LogP contribution < -0.4 is 9.46 Å². The van der Waals surface area contributed by atoms with E-state index in [0.29, 0.717) is 44.3 Å². The smallest absolute Gasteiger partial charge is 0.257 e. The van der Waals surface area contributed by atoms with Gasteiger partial charge in [-0.3, -0.25) is 19.0 Å². The Morgan fingerprint density at radius 3 is 2.40 bits per heavy atom.